The molecule has 0 aromatic heterocycles. The second kappa shape index (κ2) is 6.62. The zero-order valence-corrected chi connectivity index (χ0v) is 12.0. The summed E-state index contributed by atoms with van der Waals surface area (Å²) in [5, 5.41) is 3.27. The number of fused-ring (bicyclic) bond motifs is 1. The number of nitrogens with one attached hydrogen (secondary N) is 1. The van der Waals surface area contributed by atoms with Gasteiger partial charge in [-0.15, -0.1) is 0 Å². The first-order valence-corrected chi connectivity index (χ1v) is 7.08. The molecular formula is C16H23NO2. The van der Waals surface area contributed by atoms with E-state index in [1.54, 1.807) is 0 Å². The monoisotopic (exact) mass is 261 g/mol. The third-order valence-electron chi connectivity index (χ3n) is 3.14. The van der Waals surface area contributed by atoms with Gasteiger partial charge in [0.1, 0.15) is 17.6 Å². The Labute approximate surface area is 115 Å². The van der Waals surface area contributed by atoms with Gasteiger partial charge in [0.25, 0.3) is 0 Å². The number of hydrogen-bond donors (Lipinski definition) is 1. The van der Waals surface area contributed by atoms with E-state index in [0.29, 0.717) is 6.61 Å². The largest absolute Gasteiger partial charge is 0.493 e. The quantitative estimate of drug-likeness (QED) is 0.798. The van der Waals surface area contributed by atoms with Crippen molar-refractivity contribution in [3.63, 3.8) is 0 Å². The highest BCUT2D eigenvalue weighted by Crippen LogP contribution is 2.35. The molecule has 1 unspecified atom stereocenters. The molecule has 0 spiro atoms. The van der Waals surface area contributed by atoms with E-state index in [2.05, 4.69) is 43.4 Å². The van der Waals surface area contributed by atoms with Crippen LogP contribution in [0.15, 0.2) is 18.2 Å². The first-order valence-electron chi connectivity index (χ1n) is 7.08. The fraction of sp³-hybridized carbons (Fsp3) is 0.500. The fourth-order valence-electron chi connectivity index (χ4n) is 2.28. The SMILES string of the molecule is CCNCC=Cc1cc2c(cc1OCC)CC(C)O2. The molecule has 104 valence electrons. The van der Waals surface area contributed by atoms with Gasteiger partial charge in [0.15, 0.2) is 0 Å². The van der Waals surface area contributed by atoms with Crippen LogP contribution in [-0.4, -0.2) is 25.8 Å². The predicted molar refractivity (Wildman–Crippen MR) is 79.0 cm³/mol. The van der Waals surface area contributed by atoms with Crippen LogP contribution in [0, 0.1) is 0 Å². The molecular weight excluding hydrogens is 238 g/mol. The molecule has 0 amide bonds. The normalized spacial score (nSPS) is 17.5. The Hall–Kier alpha value is -1.48. The molecule has 1 aliphatic rings. The van der Waals surface area contributed by atoms with Gasteiger partial charge in [-0.3, -0.25) is 0 Å². The Morgan fingerprint density at radius 2 is 2.26 bits per heavy atom. The summed E-state index contributed by atoms with van der Waals surface area (Å²) in [5.41, 5.74) is 2.34. The number of ether oxygens (including phenoxy) is 2. The molecule has 0 radical (unpaired) electrons. The van der Waals surface area contributed by atoms with Crippen LogP contribution in [0.25, 0.3) is 6.08 Å². The van der Waals surface area contributed by atoms with Crippen molar-refractivity contribution < 1.29 is 9.47 Å². The maximum atomic E-state index is 5.80. The highest BCUT2D eigenvalue weighted by atomic mass is 16.5. The molecule has 1 N–H and O–H groups in total. The smallest absolute Gasteiger partial charge is 0.127 e. The second-order valence-corrected chi connectivity index (χ2v) is 4.77. The standard InChI is InChI=1S/C16H23NO2/c1-4-17-8-6-7-13-10-16-14(9-12(3)19-16)11-15(13)18-5-2/h6-7,10-12,17H,4-5,8-9H2,1-3H3. The Kier molecular flexibility index (Phi) is 4.86. The van der Waals surface area contributed by atoms with Gasteiger partial charge >= 0.3 is 0 Å². The third-order valence-corrected chi connectivity index (χ3v) is 3.14. The van der Waals surface area contributed by atoms with Crippen molar-refractivity contribution in [2.24, 2.45) is 0 Å². The molecule has 1 aromatic rings. The van der Waals surface area contributed by atoms with E-state index in [1.807, 2.05) is 6.92 Å². The van der Waals surface area contributed by atoms with Gasteiger partial charge in [0.05, 0.1) is 6.61 Å². The average molecular weight is 261 g/mol. The van der Waals surface area contributed by atoms with Gasteiger partial charge in [-0.05, 0) is 32.5 Å². The van der Waals surface area contributed by atoms with Crippen LogP contribution in [0.2, 0.25) is 0 Å². The van der Waals surface area contributed by atoms with Gasteiger partial charge < -0.3 is 14.8 Å². The van der Waals surface area contributed by atoms with E-state index in [-0.39, 0.29) is 6.10 Å². The minimum absolute atomic E-state index is 0.269. The van der Waals surface area contributed by atoms with Gasteiger partial charge in [0, 0.05) is 24.1 Å². The second-order valence-electron chi connectivity index (χ2n) is 4.77. The van der Waals surface area contributed by atoms with Crippen LogP contribution in [0.5, 0.6) is 11.5 Å². The summed E-state index contributed by atoms with van der Waals surface area (Å²) < 4.78 is 11.5. The van der Waals surface area contributed by atoms with Gasteiger partial charge in [-0.25, -0.2) is 0 Å². The van der Waals surface area contributed by atoms with E-state index >= 15 is 0 Å². The Bertz CT molecular complexity index is 454. The molecule has 2 rings (SSSR count). The van der Waals surface area contributed by atoms with Gasteiger partial charge in [0.2, 0.25) is 0 Å². The Morgan fingerprint density at radius 1 is 1.42 bits per heavy atom. The topological polar surface area (TPSA) is 30.5 Å². The molecule has 1 atom stereocenters. The van der Waals surface area contributed by atoms with Crippen molar-refractivity contribution >= 4 is 6.08 Å². The summed E-state index contributed by atoms with van der Waals surface area (Å²) in [6.07, 6.45) is 5.45. The Balaban J connectivity index is 2.20. The summed E-state index contributed by atoms with van der Waals surface area (Å²) in [7, 11) is 0. The van der Waals surface area contributed by atoms with Crippen molar-refractivity contribution in [1.29, 1.82) is 0 Å². The Morgan fingerprint density at radius 3 is 3.00 bits per heavy atom. The van der Waals surface area contributed by atoms with E-state index < -0.39 is 0 Å². The molecule has 0 saturated carbocycles. The highest BCUT2D eigenvalue weighted by molar-refractivity contribution is 5.62. The molecule has 1 aliphatic heterocycles. The predicted octanol–water partition coefficient (Wildman–Crippen LogP) is 3.03. The summed E-state index contributed by atoms with van der Waals surface area (Å²) in [5.74, 6) is 1.95. The van der Waals surface area contributed by atoms with Gasteiger partial charge in [-0.2, -0.15) is 0 Å². The van der Waals surface area contributed by atoms with Crippen molar-refractivity contribution in [3.05, 3.63) is 29.3 Å². The summed E-state index contributed by atoms with van der Waals surface area (Å²) in [4.78, 5) is 0. The van der Waals surface area contributed by atoms with Crippen molar-refractivity contribution in [1.82, 2.24) is 5.32 Å². The lowest BCUT2D eigenvalue weighted by molar-refractivity contribution is 0.254. The van der Waals surface area contributed by atoms with Crippen LogP contribution in [0.3, 0.4) is 0 Å². The first-order chi connectivity index (χ1) is 9.24. The molecule has 3 heteroatoms. The zero-order valence-electron chi connectivity index (χ0n) is 12.0. The lowest BCUT2D eigenvalue weighted by atomic mass is 10.1. The number of hydrogen-bond acceptors (Lipinski definition) is 3. The van der Waals surface area contributed by atoms with Crippen molar-refractivity contribution in [2.45, 2.75) is 33.3 Å². The van der Waals surface area contributed by atoms with Crippen LogP contribution in [-0.2, 0) is 6.42 Å². The molecule has 0 aliphatic carbocycles. The maximum absolute atomic E-state index is 5.80. The van der Waals surface area contributed by atoms with Crippen LogP contribution < -0.4 is 14.8 Å². The van der Waals surface area contributed by atoms with E-state index in [4.69, 9.17) is 9.47 Å². The molecule has 0 fully saturated rings. The third kappa shape index (κ3) is 3.51. The fourth-order valence-corrected chi connectivity index (χ4v) is 2.28. The molecule has 0 bridgehead atoms. The molecule has 3 nitrogen and oxygen atoms in total. The van der Waals surface area contributed by atoms with Crippen LogP contribution in [0.4, 0.5) is 0 Å². The summed E-state index contributed by atoms with van der Waals surface area (Å²) in [6.45, 7) is 8.75. The van der Waals surface area contributed by atoms with Gasteiger partial charge in [-0.1, -0.05) is 19.1 Å². The maximum Gasteiger partial charge on any atom is 0.127 e. The zero-order chi connectivity index (χ0) is 13.7. The number of rotatable bonds is 6. The van der Waals surface area contributed by atoms with Crippen LogP contribution in [0.1, 0.15) is 31.9 Å². The molecule has 1 heterocycles. The number of likely N-dealkylation sites (N-methyl/N-ethyl adjacent to an activating group) is 1. The van der Waals surface area contributed by atoms with Crippen LogP contribution >= 0.6 is 0 Å². The molecule has 1 aromatic carbocycles. The van der Waals surface area contributed by atoms with Crippen molar-refractivity contribution in [2.75, 3.05) is 19.7 Å². The molecule has 19 heavy (non-hydrogen) atoms. The van der Waals surface area contributed by atoms with E-state index in [0.717, 1.165) is 36.6 Å². The molecule has 0 saturated heterocycles. The van der Waals surface area contributed by atoms with Crippen molar-refractivity contribution in [3.8, 4) is 11.5 Å². The summed E-state index contributed by atoms with van der Waals surface area (Å²) in [6, 6.07) is 4.21. The average Bonchev–Trinajstić information content (AvgIpc) is 2.74. The van der Waals surface area contributed by atoms with E-state index in [9.17, 15) is 0 Å². The summed E-state index contributed by atoms with van der Waals surface area (Å²) >= 11 is 0. The van der Waals surface area contributed by atoms with E-state index in [1.165, 1.54) is 5.56 Å². The highest BCUT2D eigenvalue weighted by Gasteiger charge is 2.21. The minimum atomic E-state index is 0.269. The lowest BCUT2D eigenvalue weighted by Gasteiger charge is -2.10. The number of benzene rings is 1. The lowest BCUT2D eigenvalue weighted by Crippen LogP contribution is -2.11. The minimum Gasteiger partial charge on any atom is -0.493 e. The first kappa shape index (κ1) is 13.9.